The molecule has 0 N–H and O–H groups in total. The lowest BCUT2D eigenvalue weighted by Gasteiger charge is -2.00. The molecular weight excluding hydrogens is 220 g/mol. The van der Waals surface area contributed by atoms with Crippen molar-refractivity contribution in [1.29, 1.82) is 0 Å². The molecule has 1 aromatic heterocycles. The number of para-hydroxylation sites is 2. The Balaban J connectivity index is 0.00000128. The number of halogens is 1. The minimum Gasteiger partial charge on any atom is -1.00 e. The van der Waals surface area contributed by atoms with Crippen LogP contribution in [0.2, 0.25) is 0 Å². The van der Waals surface area contributed by atoms with Gasteiger partial charge in [0.05, 0.1) is 12.1 Å². The quantitative estimate of drug-likeness (QED) is 0.657. The van der Waals surface area contributed by atoms with Crippen LogP contribution in [0.4, 0.5) is 0 Å². The predicted molar refractivity (Wildman–Crippen MR) is 62.9 cm³/mol. The van der Waals surface area contributed by atoms with E-state index in [2.05, 4.69) is 67.4 Å². The lowest BCUT2D eigenvalue weighted by Crippen LogP contribution is -3.00. The lowest BCUT2D eigenvalue weighted by atomic mass is 10.3. The van der Waals surface area contributed by atoms with Gasteiger partial charge in [0.2, 0.25) is 6.33 Å². The van der Waals surface area contributed by atoms with Crippen LogP contribution in [0, 0.1) is 0 Å². The Hall–Kier alpha value is -1.02. The van der Waals surface area contributed by atoms with E-state index in [9.17, 15) is 0 Å². The molecule has 88 valence electrons. The summed E-state index contributed by atoms with van der Waals surface area (Å²) < 4.78 is 4.66. The van der Waals surface area contributed by atoms with E-state index in [4.69, 9.17) is 0 Å². The second-order valence-electron chi connectivity index (χ2n) is 4.61. The van der Waals surface area contributed by atoms with Crippen LogP contribution in [0.5, 0.6) is 0 Å². The highest BCUT2D eigenvalue weighted by molar-refractivity contribution is 5.71. The fourth-order valence-electron chi connectivity index (χ4n) is 1.98. The summed E-state index contributed by atoms with van der Waals surface area (Å²) in [6, 6.07) is 9.60. The van der Waals surface area contributed by atoms with Gasteiger partial charge in [-0.25, -0.2) is 9.13 Å². The number of hydrogen-bond donors (Lipinski definition) is 0. The summed E-state index contributed by atoms with van der Waals surface area (Å²) in [6.45, 7) is 8.88. The van der Waals surface area contributed by atoms with Crippen LogP contribution in [0.3, 0.4) is 0 Å². The van der Waals surface area contributed by atoms with Gasteiger partial charge in [-0.05, 0) is 39.8 Å². The third-order valence-corrected chi connectivity index (χ3v) is 2.80. The first-order chi connectivity index (χ1) is 7.11. The summed E-state index contributed by atoms with van der Waals surface area (Å²) in [5.41, 5.74) is 2.64. The van der Waals surface area contributed by atoms with Crippen molar-refractivity contribution in [2.45, 2.75) is 39.8 Å². The number of hydrogen-bond acceptors (Lipinski definition) is 0. The highest BCUT2D eigenvalue weighted by Gasteiger charge is 2.18. The molecule has 0 aliphatic heterocycles. The fraction of sp³-hybridized carbons (Fsp3) is 0.462. The molecule has 0 amide bonds. The molecule has 0 bridgehead atoms. The van der Waals surface area contributed by atoms with Gasteiger partial charge < -0.3 is 12.4 Å². The molecule has 16 heavy (non-hydrogen) atoms. The zero-order valence-electron chi connectivity index (χ0n) is 10.3. The Morgan fingerprint density at radius 3 is 2.25 bits per heavy atom. The molecule has 0 aliphatic carbocycles. The van der Waals surface area contributed by atoms with Gasteiger partial charge >= 0.3 is 0 Å². The first kappa shape index (κ1) is 13.0. The van der Waals surface area contributed by atoms with Crippen LogP contribution < -0.4 is 17.0 Å². The predicted octanol–water partition coefficient (Wildman–Crippen LogP) is 0.0946. The van der Waals surface area contributed by atoms with E-state index in [0.717, 1.165) is 0 Å². The van der Waals surface area contributed by atoms with E-state index >= 15 is 0 Å². The van der Waals surface area contributed by atoms with Crippen molar-refractivity contribution in [3.05, 3.63) is 30.6 Å². The molecule has 1 heterocycles. The van der Waals surface area contributed by atoms with Crippen LogP contribution in [0.15, 0.2) is 30.6 Å². The third kappa shape index (κ3) is 2.07. The zero-order valence-corrected chi connectivity index (χ0v) is 11.1. The highest BCUT2D eigenvalue weighted by atomic mass is 35.5. The summed E-state index contributed by atoms with van der Waals surface area (Å²) >= 11 is 0. The second kappa shape index (κ2) is 4.88. The van der Waals surface area contributed by atoms with E-state index in [-0.39, 0.29) is 12.4 Å². The summed E-state index contributed by atoms with van der Waals surface area (Å²) in [5.74, 6) is 0. The lowest BCUT2D eigenvalue weighted by molar-refractivity contribution is -0.692. The van der Waals surface area contributed by atoms with Crippen LogP contribution >= 0.6 is 0 Å². The fourth-order valence-corrected chi connectivity index (χ4v) is 1.98. The Morgan fingerprint density at radius 1 is 1.06 bits per heavy atom. The molecule has 0 atom stereocenters. The Bertz CT molecular complexity index is 430. The molecule has 1 aromatic carbocycles. The molecule has 3 heteroatoms. The molecule has 0 saturated carbocycles. The van der Waals surface area contributed by atoms with Crippen molar-refractivity contribution in [3.63, 3.8) is 0 Å². The molecule has 0 radical (unpaired) electrons. The summed E-state index contributed by atoms with van der Waals surface area (Å²) in [6.07, 6.45) is 2.22. The van der Waals surface area contributed by atoms with Crippen molar-refractivity contribution in [1.82, 2.24) is 4.57 Å². The zero-order chi connectivity index (χ0) is 11.0. The van der Waals surface area contributed by atoms with Crippen LogP contribution in [0.1, 0.15) is 39.8 Å². The summed E-state index contributed by atoms with van der Waals surface area (Å²) in [4.78, 5) is 0. The topological polar surface area (TPSA) is 8.81 Å². The van der Waals surface area contributed by atoms with Gasteiger partial charge in [0, 0.05) is 0 Å². The number of imidazole rings is 1. The second-order valence-corrected chi connectivity index (χ2v) is 4.61. The first-order valence-electron chi connectivity index (χ1n) is 5.62. The molecule has 2 nitrogen and oxygen atoms in total. The van der Waals surface area contributed by atoms with E-state index in [0.29, 0.717) is 12.1 Å². The van der Waals surface area contributed by atoms with E-state index in [1.807, 2.05) is 0 Å². The average Bonchev–Trinajstić information content (AvgIpc) is 2.56. The summed E-state index contributed by atoms with van der Waals surface area (Å²) in [7, 11) is 0. The maximum Gasteiger partial charge on any atom is 0.245 e. The van der Waals surface area contributed by atoms with Gasteiger partial charge in [0.25, 0.3) is 0 Å². The number of rotatable bonds is 2. The molecule has 0 aliphatic rings. The van der Waals surface area contributed by atoms with Gasteiger partial charge in [-0.3, -0.25) is 0 Å². The molecule has 0 fully saturated rings. The number of fused-ring (bicyclic) bond motifs is 1. The largest absolute Gasteiger partial charge is 1.00 e. The van der Waals surface area contributed by atoms with Gasteiger partial charge in [-0.1, -0.05) is 12.1 Å². The van der Waals surface area contributed by atoms with Gasteiger partial charge in [-0.2, -0.15) is 0 Å². The maximum absolute atomic E-state index is 2.33. The normalized spacial score (nSPS) is 11.1. The van der Waals surface area contributed by atoms with E-state index in [1.165, 1.54) is 11.0 Å². The van der Waals surface area contributed by atoms with Crippen molar-refractivity contribution in [3.8, 4) is 0 Å². The maximum atomic E-state index is 2.33. The smallest absolute Gasteiger partial charge is 0.245 e. The molecule has 0 saturated heterocycles. The van der Waals surface area contributed by atoms with Crippen molar-refractivity contribution in [2.24, 2.45) is 0 Å². The Labute approximate surface area is 103 Å². The first-order valence-corrected chi connectivity index (χ1v) is 5.62. The van der Waals surface area contributed by atoms with Crippen LogP contribution in [-0.4, -0.2) is 4.57 Å². The number of benzene rings is 1. The minimum atomic E-state index is 0. The Kier molecular flexibility index (Phi) is 3.98. The van der Waals surface area contributed by atoms with E-state index < -0.39 is 0 Å². The standard InChI is InChI=1S/C13H19N2.ClH/c1-10(2)14-9-15(11(3)4)13-8-6-5-7-12(13)14;/h5-11H,1-4H3;1H/q+1;/p-1. The SMILES string of the molecule is CC(C)n1c[n+](C(C)C)c2ccccc21.[Cl-]. The van der Waals surface area contributed by atoms with Crippen molar-refractivity contribution in [2.75, 3.05) is 0 Å². The molecule has 0 spiro atoms. The number of nitrogens with zero attached hydrogens (tertiary/aromatic N) is 2. The third-order valence-electron chi connectivity index (χ3n) is 2.80. The summed E-state index contributed by atoms with van der Waals surface area (Å²) in [5, 5.41) is 0. The van der Waals surface area contributed by atoms with Crippen LogP contribution in [0.25, 0.3) is 11.0 Å². The highest BCUT2D eigenvalue weighted by Crippen LogP contribution is 2.17. The molecule has 2 aromatic rings. The van der Waals surface area contributed by atoms with Crippen molar-refractivity contribution < 1.29 is 17.0 Å². The minimum absolute atomic E-state index is 0. The van der Waals surface area contributed by atoms with Gasteiger partial charge in [0.1, 0.15) is 0 Å². The van der Waals surface area contributed by atoms with E-state index in [1.54, 1.807) is 0 Å². The molecular formula is C13H19ClN2. The monoisotopic (exact) mass is 238 g/mol. The molecule has 2 rings (SSSR count). The Morgan fingerprint density at radius 2 is 1.69 bits per heavy atom. The van der Waals surface area contributed by atoms with Crippen molar-refractivity contribution >= 4 is 11.0 Å². The van der Waals surface area contributed by atoms with Gasteiger partial charge in [-0.15, -0.1) is 0 Å². The molecule has 0 unspecified atom stereocenters. The average molecular weight is 239 g/mol. The van der Waals surface area contributed by atoms with Gasteiger partial charge in [0.15, 0.2) is 11.0 Å². The van der Waals surface area contributed by atoms with Crippen LogP contribution in [-0.2, 0) is 0 Å². The number of aromatic nitrogens is 2.